The van der Waals surface area contributed by atoms with E-state index in [1.54, 1.807) is 13.2 Å². The topological polar surface area (TPSA) is 27.1 Å². The lowest BCUT2D eigenvalue weighted by atomic mass is 10.2. The molecule has 0 atom stereocenters. The van der Waals surface area contributed by atoms with Crippen molar-refractivity contribution in [2.45, 2.75) is 5.88 Å². The normalized spacial score (nSPS) is 11.0. The van der Waals surface area contributed by atoms with Gasteiger partial charge >= 0.3 is 0 Å². The maximum absolute atomic E-state index is 13.3. The third-order valence-electron chi connectivity index (χ3n) is 3.20. The minimum atomic E-state index is -0.316. The van der Waals surface area contributed by atoms with E-state index in [2.05, 4.69) is 20.9 Å². The number of aromatic nitrogens is 2. The van der Waals surface area contributed by atoms with Crippen LogP contribution < -0.4 is 4.74 Å². The van der Waals surface area contributed by atoms with Crippen molar-refractivity contribution in [1.29, 1.82) is 0 Å². The number of methoxy groups -OCH3 is 1. The molecule has 0 aliphatic heterocycles. The summed E-state index contributed by atoms with van der Waals surface area (Å²) in [6.45, 7) is 0. The third kappa shape index (κ3) is 2.51. The van der Waals surface area contributed by atoms with Gasteiger partial charge in [0, 0.05) is 11.8 Å². The number of nitrogens with zero attached hydrogens (tertiary/aromatic N) is 2. The Morgan fingerprint density at radius 3 is 2.76 bits per heavy atom. The number of rotatable bonds is 3. The Kier molecular flexibility index (Phi) is 3.87. The van der Waals surface area contributed by atoms with Gasteiger partial charge < -0.3 is 4.74 Å². The van der Waals surface area contributed by atoms with Crippen LogP contribution in [0.1, 0.15) is 5.82 Å². The van der Waals surface area contributed by atoms with Crippen molar-refractivity contribution in [2.75, 3.05) is 7.11 Å². The van der Waals surface area contributed by atoms with Gasteiger partial charge in [-0.2, -0.15) is 0 Å². The molecule has 0 saturated heterocycles. The van der Waals surface area contributed by atoms with Gasteiger partial charge in [0.15, 0.2) is 0 Å². The standard InChI is InChI=1S/C15H11BrClFN2O/c1-21-14-5-3-10(7-11(14)16)20-13-4-2-9(18)6-12(13)19-15(20)8-17/h2-7H,8H2,1H3. The van der Waals surface area contributed by atoms with Crippen molar-refractivity contribution in [3.63, 3.8) is 0 Å². The quantitative estimate of drug-likeness (QED) is 0.627. The van der Waals surface area contributed by atoms with Crippen LogP contribution in [0, 0.1) is 5.82 Å². The molecule has 0 fully saturated rings. The number of benzene rings is 2. The van der Waals surface area contributed by atoms with Crippen molar-refractivity contribution >= 4 is 38.6 Å². The fourth-order valence-electron chi connectivity index (χ4n) is 2.28. The summed E-state index contributed by atoms with van der Waals surface area (Å²) < 4.78 is 21.3. The zero-order valence-corrected chi connectivity index (χ0v) is 13.4. The van der Waals surface area contributed by atoms with Crippen LogP contribution in [0.4, 0.5) is 4.39 Å². The smallest absolute Gasteiger partial charge is 0.133 e. The summed E-state index contributed by atoms with van der Waals surface area (Å²) in [5.41, 5.74) is 2.27. The highest BCUT2D eigenvalue weighted by Gasteiger charge is 2.13. The third-order valence-corrected chi connectivity index (χ3v) is 4.06. The number of imidazole rings is 1. The molecule has 0 aliphatic carbocycles. The van der Waals surface area contributed by atoms with Crippen LogP contribution in [0.25, 0.3) is 16.7 Å². The lowest BCUT2D eigenvalue weighted by molar-refractivity contribution is 0.412. The van der Waals surface area contributed by atoms with Crippen molar-refractivity contribution in [3.8, 4) is 11.4 Å². The molecule has 0 bridgehead atoms. The van der Waals surface area contributed by atoms with E-state index >= 15 is 0 Å². The molecule has 3 rings (SSSR count). The maximum atomic E-state index is 13.3. The highest BCUT2D eigenvalue weighted by molar-refractivity contribution is 9.10. The number of hydrogen-bond donors (Lipinski definition) is 0. The Balaban J connectivity index is 2.25. The van der Waals surface area contributed by atoms with E-state index in [0.29, 0.717) is 11.3 Å². The molecule has 6 heteroatoms. The van der Waals surface area contributed by atoms with Crippen LogP contribution in [-0.4, -0.2) is 16.7 Å². The SMILES string of the molecule is COc1ccc(-n2c(CCl)nc3cc(F)ccc32)cc1Br. The Morgan fingerprint density at radius 2 is 2.10 bits per heavy atom. The highest BCUT2D eigenvalue weighted by Crippen LogP contribution is 2.30. The second-order valence-electron chi connectivity index (χ2n) is 4.45. The van der Waals surface area contributed by atoms with E-state index in [9.17, 15) is 4.39 Å². The minimum absolute atomic E-state index is 0.236. The zero-order valence-electron chi connectivity index (χ0n) is 11.1. The summed E-state index contributed by atoms with van der Waals surface area (Å²) in [4.78, 5) is 4.39. The van der Waals surface area contributed by atoms with E-state index in [0.717, 1.165) is 21.4 Å². The molecule has 3 aromatic rings. The summed E-state index contributed by atoms with van der Waals surface area (Å²) in [7, 11) is 1.61. The van der Waals surface area contributed by atoms with Crippen LogP contribution in [0.2, 0.25) is 0 Å². The Morgan fingerprint density at radius 1 is 1.29 bits per heavy atom. The van der Waals surface area contributed by atoms with Crippen LogP contribution >= 0.6 is 27.5 Å². The molecule has 0 aliphatic rings. The predicted molar refractivity (Wildman–Crippen MR) is 84.8 cm³/mol. The number of fused-ring (bicyclic) bond motifs is 1. The zero-order chi connectivity index (χ0) is 15.0. The summed E-state index contributed by atoms with van der Waals surface area (Å²) >= 11 is 9.44. The Labute approximate surface area is 134 Å². The van der Waals surface area contributed by atoms with Gasteiger partial charge in [0.25, 0.3) is 0 Å². The molecule has 0 radical (unpaired) electrons. The average molecular weight is 370 g/mol. The van der Waals surface area contributed by atoms with Gasteiger partial charge in [-0.15, -0.1) is 11.6 Å². The monoisotopic (exact) mass is 368 g/mol. The number of alkyl halides is 1. The molecule has 1 aromatic heterocycles. The largest absolute Gasteiger partial charge is 0.496 e. The lowest BCUT2D eigenvalue weighted by Gasteiger charge is -2.10. The second-order valence-corrected chi connectivity index (χ2v) is 5.57. The molecule has 108 valence electrons. The van der Waals surface area contributed by atoms with Crippen LogP contribution in [0.5, 0.6) is 5.75 Å². The predicted octanol–water partition coefficient (Wildman–Crippen LogP) is 4.67. The van der Waals surface area contributed by atoms with Gasteiger partial charge in [-0.05, 0) is 46.3 Å². The van der Waals surface area contributed by atoms with Crippen LogP contribution in [0.3, 0.4) is 0 Å². The molecule has 3 nitrogen and oxygen atoms in total. The fraction of sp³-hybridized carbons (Fsp3) is 0.133. The molecular weight excluding hydrogens is 359 g/mol. The first-order valence-corrected chi connectivity index (χ1v) is 7.53. The van der Waals surface area contributed by atoms with Crippen molar-refractivity contribution < 1.29 is 9.13 Å². The minimum Gasteiger partial charge on any atom is -0.496 e. The first-order chi connectivity index (χ1) is 10.1. The van der Waals surface area contributed by atoms with E-state index in [1.807, 2.05) is 22.8 Å². The number of halogens is 3. The maximum Gasteiger partial charge on any atom is 0.133 e. The van der Waals surface area contributed by atoms with Gasteiger partial charge in [0.05, 0.1) is 28.5 Å². The van der Waals surface area contributed by atoms with Crippen LogP contribution in [-0.2, 0) is 5.88 Å². The molecule has 0 spiro atoms. The van der Waals surface area contributed by atoms with Crippen molar-refractivity contribution in [2.24, 2.45) is 0 Å². The fourth-order valence-corrected chi connectivity index (χ4v) is 2.98. The van der Waals surface area contributed by atoms with E-state index in [4.69, 9.17) is 16.3 Å². The highest BCUT2D eigenvalue weighted by atomic mass is 79.9. The summed E-state index contributed by atoms with van der Waals surface area (Å²) in [5, 5.41) is 0. The van der Waals surface area contributed by atoms with E-state index in [1.165, 1.54) is 12.1 Å². The van der Waals surface area contributed by atoms with Gasteiger partial charge in [0.2, 0.25) is 0 Å². The van der Waals surface area contributed by atoms with Crippen molar-refractivity contribution in [1.82, 2.24) is 9.55 Å². The molecule has 0 saturated carbocycles. The molecular formula is C15H11BrClFN2O. The molecule has 0 amide bonds. The van der Waals surface area contributed by atoms with Gasteiger partial charge in [-0.1, -0.05) is 0 Å². The van der Waals surface area contributed by atoms with E-state index < -0.39 is 0 Å². The Hall–Kier alpha value is -1.59. The number of hydrogen-bond acceptors (Lipinski definition) is 2. The first kappa shape index (κ1) is 14.4. The molecule has 0 unspecified atom stereocenters. The lowest BCUT2D eigenvalue weighted by Crippen LogP contribution is -1.99. The van der Waals surface area contributed by atoms with Gasteiger partial charge in [0.1, 0.15) is 17.4 Å². The van der Waals surface area contributed by atoms with Crippen LogP contribution in [0.15, 0.2) is 40.9 Å². The molecule has 2 aromatic carbocycles. The average Bonchev–Trinajstić information content (AvgIpc) is 2.84. The molecule has 0 N–H and O–H groups in total. The van der Waals surface area contributed by atoms with Crippen molar-refractivity contribution in [3.05, 3.63) is 52.5 Å². The summed E-state index contributed by atoms with van der Waals surface area (Å²) in [6.07, 6.45) is 0. The van der Waals surface area contributed by atoms with Gasteiger partial charge in [-0.3, -0.25) is 4.57 Å². The van der Waals surface area contributed by atoms with E-state index in [-0.39, 0.29) is 11.7 Å². The van der Waals surface area contributed by atoms with Gasteiger partial charge in [-0.25, -0.2) is 9.37 Å². The summed E-state index contributed by atoms with van der Waals surface area (Å²) in [5.74, 6) is 1.32. The molecule has 1 heterocycles. The number of ether oxygens (including phenoxy) is 1. The molecule has 21 heavy (non-hydrogen) atoms. The summed E-state index contributed by atoms with van der Waals surface area (Å²) in [6, 6.07) is 10.2. The second kappa shape index (κ2) is 5.66. The Bertz CT molecular complexity index is 819. The first-order valence-electron chi connectivity index (χ1n) is 6.21.